The Labute approximate surface area is 101 Å². The van der Waals surface area contributed by atoms with Crippen LogP contribution < -0.4 is 5.73 Å². The number of benzene rings is 1. The Hall–Kier alpha value is -2.02. The second-order valence-electron chi connectivity index (χ2n) is 3.25. The molecule has 0 aliphatic heterocycles. The SMILES string of the molecule is Nc1nc(S[C@H](C(=O)O)c2ccccc2)n[nH]1. The van der Waals surface area contributed by atoms with Gasteiger partial charge in [-0.1, -0.05) is 42.1 Å². The van der Waals surface area contributed by atoms with Crippen LogP contribution in [0.25, 0.3) is 0 Å². The summed E-state index contributed by atoms with van der Waals surface area (Å²) in [5.74, 6) is -0.769. The minimum atomic E-state index is -0.940. The number of anilines is 1. The van der Waals surface area contributed by atoms with Crippen molar-refractivity contribution in [1.29, 1.82) is 0 Å². The van der Waals surface area contributed by atoms with E-state index in [0.717, 1.165) is 11.8 Å². The number of nitrogens with one attached hydrogen (secondary N) is 1. The monoisotopic (exact) mass is 250 g/mol. The largest absolute Gasteiger partial charge is 0.480 e. The van der Waals surface area contributed by atoms with Crippen LogP contribution in [-0.2, 0) is 4.79 Å². The molecule has 1 atom stereocenters. The van der Waals surface area contributed by atoms with Crippen molar-refractivity contribution in [3.8, 4) is 0 Å². The van der Waals surface area contributed by atoms with Crippen LogP contribution in [0.5, 0.6) is 0 Å². The third kappa shape index (κ3) is 2.76. The zero-order chi connectivity index (χ0) is 12.3. The Morgan fingerprint density at radius 3 is 2.65 bits per heavy atom. The summed E-state index contributed by atoms with van der Waals surface area (Å²) in [4.78, 5) is 15.1. The van der Waals surface area contributed by atoms with Gasteiger partial charge in [-0.05, 0) is 5.56 Å². The lowest BCUT2D eigenvalue weighted by Gasteiger charge is -2.09. The van der Waals surface area contributed by atoms with Crippen LogP contribution >= 0.6 is 11.8 Å². The summed E-state index contributed by atoms with van der Waals surface area (Å²) < 4.78 is 0. The first kappa shape index (κ1) is 11.5. The van der Waals surface area contributed by atoms with Crippen LogP contribution in [0.15, 0.2) is 35.5 Å². The highest BCUT2D eigenvalue weighted by Gasteiger charge is 2.22. The van der Waals surface area contributed by atoms with Gasteiger partial charge in [0.1, 0.15) is 5.25 Å². The number of carboxylic acids is 1. The molecule has 0 unspecified atom stereocenters. The number of nitrogen functional groups attached to an aromatic ring is 1. The Bertz CT molecular complexity index is 514. The fourth-order valence-electron chi connectivity index (χ4n) is 1.31. The Balaban J connectivity index is 2.22. The van der Waals surface area contributed by atoms with Gasteiger partial charge in [0, 0.05) is 0 Å². The number of nitrogens with two attached hydrogens (primary N) is 1. The van der Waals surface area contributed by atoms with Crippen molar-refractivity contribution < 1.29 is 9.90 Å². The average molecular weight is 250 g/mol. The molecule has 6 nitrogen and oxygen atoms in total. The fourth-order valence-corrected chi connectivity index (χ4v) is 2.16. The molecular formula is C10H10N4O2S. The van der Waals surface area contributed by atoms with Crippen molar-refractivity contribution in [3.05, 3.63) is 35.9 Å². The zero-order valence-corrected chi connectivity index (χ0v) is 9.52. The van der Waals surface area contributed by atoms with Gasteiger partial charge in [0.05, 0.1) is 0 Å². The number of hydrogen-bond donors (Lipinski definition) is 3. The fraction of sp³-hybridized carbons (Fsp3) is 0.100. The molecule has 0 spiro atoms. The molecule has 0 aliphatic carbocycles. The molecule has 2 rings (SSSR count). The highest BCUT2D eigenvalue weighted by atomic mass is 32.2. The normalized spacial score (nSPS) is 12.2. The summed E-state index contributed by atoms with van der Waals surface area (Å²) in [7, 11) is 0. The summed E-state index contributed by atoms with van der Waals surface area (Å²) in [5, 5.41) is 15.0. The predicted octanol–water partition coefficient (Wildman–Crippen LogP) is 1.30. The molecule has 0 amide bonds. The molecule has 0 saturated carbocycles. The van der Waals surface area contributed by atoms with Crippen molar-refractivity contribution in [3.63, 3.8) is 0 Å². The Morgan fingerprint density at radius 1 is 1.41 bits per heavy atom. The molecule has 0 fully saturated rings. The lowest BCUT2D eigenvalue weighted by atomic mass is 10.1. The Morgan fingerprint density at radius 2 is 2.12 bits per heavy atom. The molecule has 0 saturated heterocycles. The number of aromatic amines is 1. The molecule has 17 heavy (non-hydrogen) atoms. The minimum absolute atomic E-state index is 0.171. The quantitative estimate of drug-likeness (QED) is 0.706. The van der Waals surface area contributed by atoms with Crippen LogP contribution in [0.1, 0.15) is 10.8 Å². The minimum Gasteiger partial charge on any atom is -0.480 e. The maximum Gasteiger partial charge on any atom is 0.321 e. The summed E-state index contributed by atoms with van der Waals surface area (Å²) in [5.41, 5.74) is 6.07. The lowest BCUT2D eigenvalue weighted by molar-refractivity contribution is -0.136. The van der Waals surface area contributed by atoms with Crippen molar-refractivity contribution in [2.75, 3.05) is 5.73 Å². The molecule has 1 heterocycles. The second-order valence-corrected chi connectivity index (χ2v) is 4.32. The van der Waals surface area contributed by atoms with Crippen molar-refractivity contribution >= 4 is 23.7 Å². The van der Waals surface area contributed by atoms with Gasteiger partial charge >= 0.3 is 5.97 Å². The number of carbonyl (C=O) groups is 1. The van der Waals surface area contributed by atoms with Gasteiger partial charge < -0.3 is 10.8 Å². The van der Waals surface area contributed by atoms with E-state index in [1.54, 1.807) is 24.3 Å². The lowest BCUT2D eigenvalue weighted by Crippen LogP contribution is -2.08. The average Bonchev–Trinajstić information content (AvgIpc) is 2.73. The number of rotatable bonds is 4. The van der Waals surface area contributed by atoms with Crippen molar-refractivity contribution in [1.82, 2.24) is 15.2 Å². The molecule has 1 aromatic heterocycles. The highest BCUT2D eigenvalue weighted by Crippen LogP contribution is 2.33. The number of hydrogen-bond acceptors (Lipinski definition) is 5. The van der Waals surface area contributed by atoms with Crippen LogP contribution in [0, 0.1) is 0 Å². The van der Waals surface area contributed by atoms with Crippen LogP contribution in [0.4, 0.5) is 5.95 Å². The van der Waals surface area contributed by atoms with E-state index >= 15 is 0 Å². The number of thioether (sulfide) groups is 1. The van der Waals surface area contributed by atoms with Gasteiger partial charge in [0.25, 0.3) is 0 Å². The second kappa shape index (κ2) is 4.88. The van der Waals surface area contributed by atoms with E-state index in [4.69, 9.17) is 5.73 Å². The first-order valence-corrected chi connectivity index (χ1v) is 5.67. The highest BCUT2D eigenvalue weighted by molar-refractivity contribution is 8.00. The first-order valence-electron chi connectivity index (χ1n) is 4.79. The number of H-pyrrole nitrogens is 1. The van der Waals surface area contributed by atoms with Gasteiger partial charge in [-0.2, -0.15) is 4.98 Å². The molecule has 0 bridgehead atoms. The molecule has 7 heteroatoms. The molecular weight excluding hydrogens is 240 g/mol. The summed E-state index contributed by atoms with van der Waals surface area (Å²) in [6.07, 6.45) is 0. The number of aromatic nitrogens is 3. The topological polar surface area (TPSA) is 105 Å². The molecule has 88 valence electrons. The van der Waals surface area contributed by atoms with E-state index in [0.29, 0.717) is 10.7 Å². The van der Waals surface area contributed by atoms with Crippen LogP contribution in [-0.4, -0.2) is 26.3 Å². The van der Waals surface area contributed by atoms with Crippen molar-refractivity contribution in [2.45, 2.75) is 10.4 Å². The van der Waals surface area contributed by atoms with E-state index in [-0.39, 0.29) is 5.95 Å². The third-order valence-electron chi connectivity index (χ3n) is 2.03. The predicted molar refractivity (Wildman–Crippen MR) is 63.5 cm³/mol. The summed E-state index contributed by atoms with van der Waals surface area (Å²) >= 11 is 1.04. The molecule has 1 aromatic carbocycles. The molecule has 0 radical (unpaired) electrons. The van der Waals surface area contributed by atoms with Gasteiger partial charge in [0.15, 0.2) is 0 Å². The maximum atomic E-state index is 11.2. The van der Waals surface area contributed by atoms with Crippen molar-refractivity contribution in [2.24, 2.45) is 0 Å². The van der Waals surface area contributed by atoms with Gasteiger partial charge in [-0.15, -0.1) is 5.10 Å². The standard InChI is InChI=1S/C10H10N4O2S/c11-9-12-10(14-13-9)17-7(8(15)16)6-4-2-1-3-5-6/h1-5,7H,(H,15,16)(H3,11,12,13,14)/t7-/m0/s1. The van der Waals surface area contributed by atoms with E-state index in [9.17, 15) is 9.90 Å². The molecule has 2 aromatic rings. The van der Waals surface area contributed by atoms with Gasteiger partial charge in [0.2, 0.25) is 11.1 Å². The summed E-state index contributed by atoms with van der Waals surface area (Å²) in [6, 6.07) is 8.91. The zero-order valence-electron chi connectivity index (χ0n) is 8.70. The molecule has 4 N–H and O–H groups in total. The van der Waals surface area contributed by atoms with Crippen LogP contribution in [0.3, 0.4) is 0 Å². The maximum absolute atomic E-state index is 11.2. The van der Waals surface area contributed by atoms with Gasteiger partial charge in [-0.3, -0.25) is 4.79 Å². The number of nitrogens with zero attached hydrogens (tertiary/aromatic N) is 2. The first-order chi connectivity index (χ1) is 8.16. The number of carboxylic acid groups (broad SMARTS) is 1. The Kier molecular flexibility index (Phi) is 3.29. The molecule has 0 aliphatic rings. The van der Waals surface area contributed by atoms with Crippen LogP contribution in [0.2, 0.25) is 0 Å². The van der Waals surface area contributed by atoms with Gasteiger partial charge in [-0.25, -0.2) is 5.10 Å². The summed E-state index contributed by atoms with van der Waals surface area (Å²) in [6.45, 7) is 0. The van der Waals surface area contributed by atoms with E-state index in [2.05, 4.69) is 15.2 Å². The van der Waals surface area contributed by atoms with E-state index in [1.807, 2.05) is 6.07 Å². The number of aliphatic carboxylic acids is 1. The smallest absolute Gasteiger partial charge is 0.321 e. The van der Waals surface area contributed by atoms with E-state index < -0.39 is 11.2 Å². The third-order valence-corrected chi connectivity index (χ3v) is 3.13. The van der Waals surface area contributed by atoms with E-state index in [1.165, 1.54) is 0 Å².